The van der Waals surface area contributed by atoms with E-state index in [0.717, 1.165) is 75.1 Å². The maximum Gasteiger partial charge on any atom is 0.259 e. The Hall–Kier alpha value is -3.09. The molecule has 3 aromatic rings. The Kier molecular flexibility index (Phi) is 5.97. The van der Waals surface area contributed by atoms with Crippen LogP contribution in [0.5, 0.6) is 0 Å². The lowest BCUT2D eigenvalue weighted by atomic mass is 10.0. The van der Waals surface area contributed by atoms with Gasteiger partial charge in [0.1, 0.15) is 11.5 Å². The number of benzene rings is 2. The molecular formula is C26H29N3O3. The van der Waals surface area contributed by atoms with E-state index in [0.29, 0.717) is 11.3 Å². The number of nitrogens with zero attached hydrogens (tertiary/aromatic N) is 2. The highest BCUT2D eigenvalue weighted by atomic mass is 16.5. The van der Waals surface area contributed by atoms with Crippen molar-refractivity contribution in [2.75, 3.05) is 43.1 Å². The maximum absolute atomic E-state index is 13.2. The van der Waals surface area contributed by atoms with Crippen molar-refractivity contribution in [3.05, 3.63) is 82.8 Å². The molecule has 0 spiro atoms. The van der Waals surface area contributed by atoms with Gasteiger partial charge >= 0.3 is 0 Å². The Bertz CT molecular complexity index is 1070. The minimum absolute atomic E-state index is 0.104. The molecule has 1 fully saturated rings. The summed E-state index contributed by atoms with van der Waals surface area (Å²) in [7, 11) is 0. The van der Waals surface area contributed by atoms with E-state index >= 15 is 0 Å². The first kappa shape index (κ1) is 20.8. The van der Waals surface area contributed by atoms with Gasteiger partial charge in [0, 0.05) is 56.1 Å². The number of morpholine rings is 1. The quantitative estimate of drug-likeness (QED) is 0.655. The lowest BCUT2D eigenvalue weighted by molar-refractivity contribution is 0.102. The molecule has 0 unspecified atom stereocenters. The standard InChI is InChI=1S/C26H29N3O3/c1-19-25(23-18-28(12-11-24(23)32-19)17-20-5-3-2-4-6-20)26(30)27-21-7-9-22(10-8-21)29-13-15-31-16-14-29/h2-10H,11-18H2,1H3,(H,27,30). The van der Waals surface area contributed by atoms with Crippen molar-refractivity contribution in [2.45, 2.75) is 26.4 Å². The lowest BCUT2D eigenvalue weighted by Crippen LogP contribution is -2.36. The third kappa shape index (κ3) is 4.42. The monoisotopic (exact) mass is 431 g/mol. The molecule has 166 valence electrons. The van der Waals surface area contributed by atoms with Crippen LogP contribution in [0.2, 0.25) is 0 Å². The van der Waals surface area contributed by atoms with Crippen molar-refractivity contribution in [2.24, 2.45) is 0 Å². The molecule has 2 aliphatic heterocycles. The predicted molar refractivity (Wildman–Crippen MR) is 125 cm³/mol. The van der Waals surface area contributed by atoms with Crippen LogP contribution < -0.4 is 10.2 Å². The van der Waals surface area contributed by atoms with Gasteiger partial charge in [-0.15, -0.1) is 0 Å². The molecule has 1 amide bonds. The van der Waals surface area contributed by atoms with Crippen LogP contribution in [0.4, 0.5) is 11.4 Å². The molecule has 0 saturated carbocycles. The SMILES string of the molecule is Cc1oc2c(c1C(=O)Nc1ccc(N3CCOCC3)cc1)CN(Cc1ccccc1)CC2. The molecule has 0 aliphatic carbocycles. The van der Waals surface area contributed by atoms with Crippen molar-refractivity contribution >= 4 is 17.3 Å². The zero-order valence-electron chi connectivity index (χ0n) is 18.5. The number of amides is 1. The molecule has 6 heteroatoms. The van der Waals surface area contributed by atoms with Gasteiger partial charge in [0.2, 0.25) is 0 Å². The van der Waals surface area contributed by atoms with E-state index in [9.17, 15) is 4.79 Å². The van der Waals surface area contributed by atoms with E-state index in [1.807, 2.05) is 25.1 Å². The van der Waals surface area contributed by atoms with Gasteiger partial charge in [0.15, 0.2) is 0 Å². The van der Waals surface area contributed by atoms with Gasteiger partial charge in [-0.1, -0.05) is 30.3 Å². The Labute approximate surface area is 188 Å². The van der Waals surface area contributed by atoms with Crippen molar-refractivity contribution < 1.29 is 13.9 Å². The van der Waals surface area contributed by atoms with Crippen molar-refractivity contribution in [1.29, 1.82) is 0 Å². The predicted octanol–water partition coefficient (Wildman–Crippen LogP) is 4.24. The Morgan fingerprint density at radius 2 is 1.75 bits per heavy atom. The Morgan fingerprint density at radius 1 is 1.00 bits per heavy atom. The average Bonchev–Trinajstić information content (AvgIpc) is 3.16. The third-order valence-electron chi connectivity index (χ3n) is 6.28. The number of furan rings is 1. The van der Waals surface area contributed by atoms with E-state index in [-0.39, 0.29) is 5.91 Å². The fourth-order valence-electron chi connectivity index (χ4n) is 4.63. The number of aryl methyl sites for hydroxylation is 1. The molecule has 2 aromatic carbocycles. The van der Waals surface area contributed by atoms with Crippen LogP contribution in [0.3, 0.4) is 0 Å². The minimum atomic E-state index is -0.104. The smallest absolute Gasteiger partial charge is 0.259 e. The lowest BCUT2D eigenvalue weighted by Gasteiger charge is -2.29. The highest BCUT2D eigenvalue weighted by molar-refractivity contribution is 6.06. The highest BCUT2D eigenvalue weighted by Gasteiger charge is 2.28. The van der Waals surface area contributed by atoms with Gasteiger partial charge in [0.25, 0.3) is 5.91 Å². The van der Waals surface area contributed by atoms with Crippen molar-refractivity contribution in [3.8, 4) is 0 Å². The summed E-state index contributed by atoms with van der Waals surface area (Å²) >= 11 is 0. The second-order valence-corrected chi connectivity index (χ2v) is 8.48. The molecule has 0 radical (unpaired) electrons. The van der Waals surface area contributed by atoms with Crippen molar-refractivity contribution in [1.82, 2.24) is 4.90 Å². The molecule has 32 heavy (non-hydrogen) atoms. The number of nitrogens with one attached hydrogen (secondary N) is 1. The zero-order valence-corrected chi connectivity index (χ0v) is 18.5. The Morgan fingerprint density at radius 3 is 2.50 bits per heavy atom. The topological polar surface area (TPSA) is 58.0 Å². The van der Waals surface area contributed by atoms with Gasteiger partial charge in [0.05, 0.1) is 18.8 Å². The van der Waals surface area contributed by atoms with Gasteiger partial charge in [-0.3, -0.25) is 9.69 Å². The molecule has 1 aromatic heterocycles. The summed E-state index contributed by atoms with van der Waals surface area (Å²) in [6.45, 7) is 7.70. The van der Waals surface area contributed by atoms with E-state index in [2.05, 4.69) is 51.5 Å². The van der Waals surface area contributed by atoms with Crippen LogP contribution in [-0.4, -0.2) is 43.7 Å². The molecule has 0 atom stereocenters. The maximum atomic E-state index is 13.2. The minimum Gasteiger partial charge on any atom is -0.465 e. The number of ether oxygens (including phenoxy) is 1. The van der Waals surface area contributed by atoms with Gasteiger partial charge < -0.3 is 19.4 Å². The van der Waals surface area contributed by atoms with Gasteiger partial charge in [-0.2, -0.15) is 0 Å². The summed E-state index contributed by atoms with van der Waals surface area (Å²) in [5, 5.41) is 3.07. The second-order valence-electron chi connectivity index (χ2n) is 8.48. The first-order chi connectivity index (χ1) is 15.7. The Balaban J connectivity index is 1.29. The van der Waals surface area contributed by atoms with Crippen LogP contribution in [0, 0.1) is 6.92 Å². The zero-order chi connectivity index (χ0) is 21.9. The fraction of sp³-hybridized carbons (Fsp3) is 0.346. The van der Waals surface area contributed by atoms with E-state index in [1.54, 1.807) is 0 Å². The molecule has 5 rings (SSSR count). The van der Waals surface area contributed by atoms with Crippen LogP contribution in [0.15, 0.2) is 59.0 Å². The van der Waals surface area contributed by atoms with Crippen LogP contribution >= 0.6 is 0 Å². The number of carbonyl (C=O) groups excluding carboxylic acids is 1. The van der Waals surface area contributed by atoms with E-state index < -0.39 is 0 Å². The summed E-state index contributed by atoms with van der Waals surface area (Å²) in [6, 6.07) is 18.5. The number of anilines is 2. The largest absolute Gasteiger partial charge is 0.465 e. The highest BCUT2D eigenvalue weighted by Crippen LogP contribution is 2.30. The van der Waals surface area contributed by atoms with Crippen LogP contribution in [-0.2, 0) is 24.2 Å². The third-order valence-corrected chi connectivity index (χ3v) is 6.28. The van der Waals surface area contributed by atoms with E-state index in [4.69, 9.17) is 9.15 Å². The summed E-state index contributed by atoms with van der Waals surface area (Å²) in [5.74, 6) is 1.53. The molecule has 6 nitrogen and oxygen atoms in total. The molecule has 1 saturated heterocycles. The first-order valence-electron chi connectivity index (χ1n) is 11.3. The fourth-order valence-corrected chi connectivity index (χ4v) is 4.63. The van der Waals surface area contributed by atoms with Crippen molar-refractivity contribution in [3.63, 3.8) is 0 Å². The molecule has 1 N–H and O–H groups in total. The van der Waals surface area contributed by atoms with Gasteiger partial charge in [-0.05, 0) is 36.8 Å². The summed E-state index contributed by atoms with van der Waals surface area (Å²) in [6.07, 6.45) is 0.824. The number of hydrogen-bond donors (Lipinski definition) is 1. The molecular weight excluding hydrogens is 402 g/mol. The van der Waals surface area contributed by atoms with Gasteiger partial charge in [-0.25, -0.2) is 0 Å². The average molecular weight is 432 g/mol. The summed E-state index contributed by atoms with van der Waals surface area (Å²) in [4.78, 5) is 17.9. The normalized spacial score (nSPS) is 16.6. The molecule has 3 heterocycles. The number of fused-ring (bicyclic) bond motifs is 1. The first-order valence-corrected chi connectivity index (χ1v) is 11.3. The molecule has 2 aliphatic rings. The molecule has 0 bridgehead atoms. The van der Waals surface area contributed by atoms with E-state index in [1.165, 1.54) is 5.56 Å². The van der Waals surface area contributed by atoms with Crippen LogP contribution in [0.25, 0.3) is 0 Å². The number of hydrogen-bond acceptors (Lipinski definition) is 5. The summed E-state index contributed by atoms with van der Waals surface area (Å²) < 4.78 is 11.4. The number of rotatable bonds is 5. The van der Waals surface area contributed by atoms with Crippen LogP contribution in [0.1, 0.15) is 33.0 Å². The summed E-state index contributed by atoms with van der Waals surface area (Å²) in [5.41, 5.74) is 4.92. The number of carbonyl (C=O) groups is 1. The second kappa shape index (κ2) is 9.18.